The molecule has 4 heterocycles. The van der Waals surface area contributed by atoms with Crippen molar-refractivity contribution in [3.63, 3.8) is 0 Å². The summed E-state index contributed by atoms with van der Waals surface area (Å²) < 4.78 is 12.9. The highest BCUT2D eigenvalue weighted by Gasteiger charge is 2.56. The number of amides is 1. The van der Waals surface area contributed by atoms with Crippen LogP contribution in [0.5, 0.6) is 0 Å². The molecule has 4 rings (SSSR count). The molecule has 7 heteroatoms. The van der Waals surface area contributed by atoms with Crippen molar-refractivity contribution in [1.82, 2.24) is 14.7 Å². The number of hydrogen-bond donors (Lipinski definition) is 1. The highest BCUT2D eigenvalue weighted by atomic mass is 16.5. The van der Waals surface area contributed by atoms with Crippen LogP contribution in [0, 0.1) is 18.8 Å². The van der Waals surface area contributed by atoms with Gasteiger partial charge in [-0.2, -0.15) is 5.10 Å². The van der Waals surface area contributed by atoms with Crippen molar-refractivity contribution < 1.29 is 19.4 Å². The van der Waals surface area contributed by atoms with Crippen LogP contribution in [0.4, 0.5) is 0 Å². The fourth-order valence-corrected chi connectivity index (χ4v) is 4.53. The molecular formula is C17H25N3O4. The van der Waals surface area contributed by atoms with Crippen molar-refractivity contribution in [2.24, 2.45) is 11.8 Å². The molecule has 0 aromatic carbocycles. The second-order valence-electron chi connectivity index (χ2n) is 7.25. The van der Waals surface area contributed by atoms with Crippen LogP contribution >= 0.6 is 0 Å². The Morgan fingerprint density at radius 2 is 2.25 bits per heavy atom. The number of fused-ring (bicyclic) bond motifs is 3. The van der Waals surface area contributed by atoms with E-state index in [1.165, 1.54) is 0 Å². The van der Waals surface area contributed by atoms with Crippen molar-refractivity contribution >= 4 is 5.91 Å². The minimum Gasteiger partial charge on any atom is -0.389 e. The van der Waals surface area contributed by atoms with Gasteiger partial charge in [-0.05, 0) is 19.4 Å². The number of likely N-dealkylation sites (tertiary alicyclic amines) is 1. The van der Waals surface area contributed by atoms with Gasteiger partial charge in [0.05, 0.1) is 24.5 Å². The normalized spacial score (nSPS) is 36.1. The molecule has 0 radical (unpaired) electrons. The summed E-state index contributed by atoms with van der Waals surface area (Å²) in [6.45, 7) is 4.95. The Morgan fingerprint density at radius 1 is 1.42 bits per heavy atom. The van der Waals surface area contributed by atoms with E-state index in [0.29, 0.717) is 39.4 Å². The lowest BCUT2D eigenvalue weighted by Gasteiger charge is -2.57. The van der Waals surface area contributed by atoms with E-state index in [1.54, 1.807) is 4.68 Å². The molecule has 3 aliphatic rings. The van der Waals surface area contributed by atoms with Gasteiger partial charge in [-0.1, -0.05) is 0 Å². The third-order valence-corrected chi connectivity index (χ3v) is 5.84. The Kier molecular flexibility index (Phi) is 4.10. The number of hydrogen-bond acceptors (Lipinski definition) is 5. The molecule has 1 amide bonds. The smallest absolute Gasteiger partial charge is 0.244 e. The summed E-state index contributed by atoms with van der Waals surface area (Å²) in [5.74, 6) is -0.0164. The van der Waals surface area contributed by atoms with Crippen molar-refractivity contribution in [3.05, 3.63) is 18.0 Å². The predicted octanol–water partition coefficient (Wildman–Crippen LogP) is 0.206. The molecule has 132 valence electrons. The van der Waals surface area contributed by atoms with Crippen LogP contribution in [-0.4, -0.2) is 70.3 Å². The van der Waals surface area contributed by atoms with Crippen LogP contribution in [0.1, 0.15) is 18.5 Å². The third-order valence-electron chi connectivity index (χ3n) is 5.84. The van der Waals surface area contributed by atoms with Gasteiger partial charge in [0, 0.05) is 50.3 Å². The number of piperidine rings is 1. The van der Waals surface area contributed by atoms with E-state index < -0.39 is 5.60 Å². The summed E-state index contributed by atoms with van der Waals surface area (Å²) in [6.07, 6.45) is 3.24. The van der Waals surface area contributed by atoms with E-state index in [1.807, 2.05) is 24.1 Å². The average molecular weight is 335 g/mol. The lowest BCUT2D eigenvalue weighted by molar-refractivity contribution is -0.219. The molecule has 24 heavy (non-hydrogen) atoms. The Morgan fingerprint density at radius 3 is 3.04 bits per heavy atom. The summed E-state index contributed by atoms with van der Waals surface area (Å²) in [7, 11) is 0. The van der Waals surface area contributed by atoms with E-state index in [0.717, 1.165) is 12.1 Å². The maximum Gasteiger partial charge on any atom is 0.244 e. The van der Waals surface area contributed by atoms with Gasteiger partial charge in [0.15, 0.2) is 0 Å². The highest BCUT2D eigenvalue weighted by molar-refractivity contribution is 5.76. The van der Waals surface area contributed by atoms with E-state index in [-0.39, 0.29) is 30.3 Å². The lowest BCUT2D eigenvalue weighted by atomic mass is 9.66. The van der Waals surface area contributed by atoms with E-state index >= 15 is 0 Å². The first kappa shape index (κ1) is 16.1. The fourth-order valence-electron chi connectivity index (χ4n) is 4.53. The van der Waals surface area contributed by atoms with Crippen molar-refractivity contribution in [3.8, 4) is 0 Å². The first-order valence-corrected chi connectivity index (χ1v) is 8.75. The number of carbonyl (C=O) groups excluding carboxylic acids is 1. The number of carbonyl (C=O) groups is 1. The first-order valence-electron chi connectivity index (χ1n) is 8.75. The van der Waals surface area contributed by atoms with Crippen LogP contribution < -0.4 is 0 Å². The largest absolute Gasteiger partial charge is 0.389 e. The standard InChI is InChI=1S/C17H25N3O4/c1-12-2-5-19(18-12)9-16(21)20-8-13-10-24-7-4-17(13,22)14-11-23-6-3-15(14)20/h2,5,13-15,22H,3-4,6-11H2,1H3/t13-,14+,15-,17-/m1/s1. The molecule has 0 spiro atoms. The Balaban J connectivity index is 1.57. The van der Waals surface area contributed by atoms with Gasteiger partial charge in [-0.25, -0.2) is 0 Å². The van der Waals surface area contributed by atoms with E-state index in [2.05, 4.69) is 5.10 Å². The summed E-state index contributed by atoms with van der Waals surface area (Å²) in [5, 5.41) is 15.6. The zero-order chi connectivity index (χ0) is 16.7. The third kappa shape index (κ3) is 2.64. The molecule has 0 saturated carbocycles. The molecule has 0 aliphatic carbocycles. The molecule has 0 unspecified atom stereocenters. The highest BCUT2D eigenvalue weighted by Crippen LogP contribution is 2.44. The lowest BCUT2D eigenvalue weighted by Crippen LogP contribution is -2.69. The van der Waals surface area contributed by atoms with Gasteiger partial charge < -0.3 is 19.5 Å². The molecule has 3 aliphatic heterocycles. The minimum atomic E-state index is -0.775. The van der Waals surface area contributed by atoms with Crippen molar-refractivity contribution in [2.45, 2.75) is 38.0 Å². The molecule has 0 bridgehead atoms. The predicted molar refractivity (Wildman–Crippen MR) is 85.3 cm³/mol. The van der Waals surface area contributed by atoms with Crippen molar-refractivity contribution in [2.75, 3.05) is 33.0 Å². The minimum absolute atomic E-state index is 0.0304. The number of nitrogens with zero attached hydrogens (tertiary/aromatic N) is 3. The van der Waals surface area contributed by atoms with Gasteiger partial charge >= 0.3 is 0 Å². The SMILES string of the molecule is Cc1ccn(CC(=O)N2C[C@@H]3COCC[C@]3(O)[C@H]3COCC[C@H]32)n1. The van der Waals surface area contributed by atoms with Gasteiger partial charge in [0.1, 0.15) is 6.54 Å². The molecule has 7 nitrogen and oxygen atoms in total. The van der Waals surface area contributed by atoms with Crippen LogP contribution in [-0.2, 0) is 20.8 Å². The Bertz CT molecular complexity index is 619. The van der Waals surface area contributed by atoms with Crippen LogP contribution in [0.15, 0.2) is 12.3 Å². The van der Waals surface area contributed by atoms with Crippen LogP contribution in [0.2, 0.25) is 0 Å². The number of aromatic nitrogens is 2. The molecule has 3 fully saturated rings. The molecule has 1 aromatic heterocycles. The van der Waals surface area contributed by atoms with E-state index in [4.69, 9.17) is 9.47 Å². The van der Waals surface area contributed by atoms with Gasteiger partial charge in [0.25, 0.3) is 0 Å². The summed E-state index contributed by atoms with van der Waals surface area (Å²) in [4.78, 5) is 14.9. The number of aliphatic hydroxyl groups is 1. The quantitative estimate of drug-likeness (QED) is 0.836. The number of aryl methyl sites for hydroxylation is 1. The second-order valence-corrected chi connectivity index (χ2v) is 7.25. The molecular weight excluding hydrogens is 310 g/mol. The summed E-state index contributed by atoms with van der Waals surface area (Å²) >= 11 is 0. The van der Waals surface area contributed by atoms with Crippen LogP contribution in [0.25, 0.3) is 0 Å². The van der Waals surface area contributed by atoms with E-state index in [9.17, 15) is 9.90 Å². The molecule has 1 aromatic rings. The average Bonchev–Trinajstić information content (AvgIpc) is 2.99. The molecule has 3 saturated heterocycles. The zero-order valence-corrected chi connectivity index (χ0v) is 14.1. The number of rotatable bonds is 2. The molecule has 4 atom stereocenters. The van der Waals surface area contributed by atoms with Gasteiger partial charge in [-0.3, -0.25) is 9.48 Å². The van der Waals surface area contributed by atoms with Crippen molar-refractivity contribution in [1.29, 1.82) is 0 Å². The molecule has 1 N–H and O–H groups in total. The first-order chi connectivity index (χ1) is 11.6. The Labute approximate surface area is 141 Å². The summed E-state index contributed by atoms with van der Waals surface area (Å²) in [5.41, 5.74) is 0.128. The topological polar surface area (TPSA) is 76.8 Å². The van der Waals surface area contributed by atoms with Crippen LogP contribution in [0.3, 0.4) is 0 Å². The zero-order valence-electron chi connectivity index (χ0n) is 14.1. The Hall–Kier alpha value is -1.44. The van der Waals surface area contributed by atoms with Gasteiger partial charge in [0.2, 0.25) is 5.91 Å². The monoisotopic (exact) mass is 335 g/mol. The van der Waals surface area contributed by atoms with Gasteiger partial charge in [-0.15, -0.1) is 0 Å². The number of ether oxygens (including phenoxy) is 2. The second kappa shape index (κ2) is 6.13. The maximum absolute atomic E-state index is 12.9. The summed E-state index contributed by atoms with van der Waals surface area (Å²) in [6, 6.07) is 1.94. The maximum atomic E-state index is 12.9. The fraction of sp³-hybridized carbons (Fsp3) is 0.765.